The number of fused-ring (bicyclic) bond motifs is 1. The molecule has 7 heteroatoms. The summed E-state index contributed by atoms with van der Waals surface area (Å²) in [5.74, 6) is 0.949. The van der Waals surface area contributed by atoms with Gasteiger partial charge in [-0.25, -0.2) is 0 Å². The number of ketones is 1. The van der Waals surface area contributed by atoms with E-state index in [1.807, 2.05) is 12.1 Å². The van der Waals surface area contributed by atoms with E-state index in [1.54, 1.807) is 13.1 Å². The van der Waals surface area contributed by atoms with Gasteiger partial charge in [-0.2, -0.15) is 4.80 Å². The van der Waals surface area contributed by atoms with Gasteiger partial charge in [0.25, 0.3) is 0 Å². The van der Waals surface area contributed by atoms with E-state index in [4.69, 9.17) is 4.74 Å². The first-order valence-corrected chi connectivity index (χ1v) is 6.00. The number of Topliss-reactive ketones (excluding diaryl/α,β-unsaturated/α-hetero) is 1. The van der Waals surface area contributed by atoms with E-state index >= 15 is 0 Å². The van der Waals surface area contributed by atoms with Gasteiger partial charge in [-0.3, -0.25) is 4.79 Å². The maximum atomic E-state index is 12.3. The maximum absolute atomic E-state index is 12.3. The third-order valence-electron chi connectivity index (χ3n) is 2.85. The predicted octanol–water partition coefficient (Wildman–Crippen LogP) is 0.440. The van der Waals surface area contributed by atoms with Crippen molar-refractivity contribution in [1.29, 1.82) is 0 Å². The number of hydrogen-bond donors (Lipinski definition) is 1. The Kier molecular flexibility index (Phi) is 2.86. The zero-order valence-electron chi connectivity index (χ0n) is 10.5. The molecule has 1 N–H and O–H groups in total. The normalized spacial score (nSPS) is 13.3. The second-order valence-corrected chi connectivity index (χ2v) is 4.25. The van der Waals surface area contributed by atoms with Crippen LogP contribution in [0.25, 0.3) is 0 Å². The summed E-state index contributed by atoms with van der Waals surface area (Å²) < 4.78 is 5.57. The number of aryl methyl sites for hydroxylation is 1. The van der Waals surface area contributed by atoms with Crippen LogP contribution in [0.4, 0.5) is 5.69 Å². The standard InChI is InChI=1S/C12H13N5O2/c1-17-15-11(14-16-17)7-10(18)8-3-2-4-9-12(8)19-6-5-13-9/h2-4,13H,5-7H2,1H3. The van der Waals surface area contributed by atoms with Crippen molar-refractivity contribution in [2.45, 2.75) is 6.42 Å². The number of aromatic nitrogens is 4. The molecule has 0 bridgehead atoms. The molecule has 7 nitrogen and oxygen atoms in total. The van der Waals surface area contributed by atoms with Crippen molar-refractivity contribution in [3.63, 3.8) is 0 Å². The summed E-state index contributed by atoms with van der Waals surface area (Å²) in [6.45, 7) is 1.30. The Labute approximate surface area is 109 Å². The van der Waals surface area contributed by atoms with Gasteiger partial charge in [-0.15, -0.1) is 10.2 Å². The lowest BCUT2D eigenvalue weighted by atomic mass is 10.1. The molecule has 2 aromatic rings. The fourth-order valence-corrected chi connectivity index (χ4v) is 2.02. The van der Waals surface area contributed by atoms with Crippen LogP contribution in [0.3, 0.4) is 0 Å². The van der Waals surface area contributed by atoms with Crippen LogP contribution in [0.1, 0.15) is 16.2 Å². The Bertz CT molecular complexity index is 622. The molecular weight excluding hydrogens is 246 g/mol. The number of benzene rings is 1. The lowest BCUT2D eigenvalue weighted by Gasteiger charge is -2.21. The summed E-state index contributed by atoms with van der Waals surface area (Å²) in [5.41, 5.74) is 1.40. The zero-order chi connectivity index (χ0) is 13.2. The molecule has 1 aromatic carbocycles. The molecule has 19 heavy (non-hydrogen) atoms. The van der Waals surface area contributed by atoms with Gasteiger partial charge in [0.05, 0.1) is 24.7 Å². The number of carbonyl (C=O) groups is 1. The van der Waals surface area contributed by atoms with Crippen molar-refractivity contribution in [1.82, 2.24) is 20.2 Å². The van der Waals surface area contributed by atoms with Gasteiger partial charge in [0.1, 0.15) is 6.61 Å². The summed E-state index contributed by atoms with van der Waals surface area (Å²) >= 11 is 0. The highest BCUT2D eigenvalue weighted by atomic mass is 16.5. The molecule has 0 fully saturated rings. The Balaban J connectivity index is 1.87. The molecule has 3 rings (SSSR count). The number of carbonyl (C=O) groups excluding carboxylic acids is 1. The Morgan fingerprint density at radius 1 is 1.53 bits per heavy atom. The first-order valence-electron chi connectivity index (χ1n) is 6.00. The molecule has 1 aromatic heterocycles. The third-order valence-corrected chi connectivity index (χ3v) is 2.85. The molecule has 1 aliphatic rings. The van der Waals surface area contributed by atoms with Crippen LogP contribution in [-0.2, 0) is 13.5 Å². The second kappa shape index (κ2) is 4.68. The number of tetrazole rings is 1. The van der Waals surface area contributed by atoms with E-state index in [0.29, 0.717) is 23.7 Å². The quantitative estimate of drug-likeness (QED) is 0.805. The molecule has 2 heterocycles. The summed E-state index contributed by atoms with van der Waals surface area (Å²) in [5, 5.41) is 14.7. The van der Waals surface area contributed by atoms with Crippen LogP contribution >= 0.6 is 0 Å². The number of rotatable bonds is 3. The average molecular weight is 259 g/mol. The highest BCUT2D eigenvalue weighted by Gasteiger charge is 2.20. The summed E-state index contributed by atoms with van der Waals surface area (Å²) in [7, 11) is 1.67. The van der Waals surface area contributed by atoms with Crippen molar-refractivity contribution in [3.8, 4) is 5.75 Å². The lowest BCUT2D eigenvalue weighted by molar-refractivity contribution is 0.0986. The summed E-state index contributed by atoms with van der Waals surface area (Å²) in [6, 6.07) is 5.48. The van der Waals surface area contributed by atoms with Crippen LogP contribution in [0, 0.1) is 0 Å². The van der Waals surface area contributed by atoms with Gasteiger partial charge >= 0.3 is 0 Å². The number of hydrogen-bond acceptors (Lipinski definition) is 6. The average Bonchev–Trinajstić information content (AvgIpc) is 2.83. The molecule has 0 aliphatic carbocycles. The Morgan fingerprint density at radius 2 is 2.42 bits per heavy atom. The van der Waals surface area contributed by atoms with Crippen molar-refractivity contribution >= 4 is 11.5 Å². The predicted molar refractivity (Wildman–Crippen MR) is 67.3 cm³/mol. The summed E-state index contributed by atoms with van der Waals surface area (Å²) in [4.78, 5) is 13.6. The molecule has 98 valence electrons. The molecule has 0 saturated carbocycles. The van der Waals surface area contributed by atoms with Crippen LogP contribution in [0.15, 0.2) is 18.2 Å². The van der Waals surface area contributed by atoms with E-state index < -0.39 is 0 Å². The number of anilines is 1. The van der Waals surface area contributed by atoms with Crippen molar-refractivity contribution in [2.75, 3.05) is 18.5 Å². The first kappa shape index (κ1) is 11.6. The monoisotopic (exact) mass is 259 g/mol. The minimum Gasteiger partial charge on any atom is -0.489 e. The molecular formula is C12H13N5O2. The second-order valence-electron chi connectivity index (χ2n) is 4.25. The summed E-state index contributed by atoms with van der Waals surface area (Å²) in [6.07, 6.45) is 0.119. The first-order chi connectivity index (χ1) is 9.24. The fourth-order valence-electron chi connectivity index (χ4n) is 2.02. The molecule has 1 aliphatic heterocycles. The number of nitrogens with one attached hydrogen (secondary N) is 1. The van der Waals surface area contributed by atoms with E-state index in [0.717, 1.165) is 12.2 Å². The van der Waals surface area contributed by atoms with Gasteiger partial charge in [0.15, 0.2) is 17.4 Å². The van der Waals surface area contributed by atoms with Gasteiger partial charge < -0.3 is 10.1 Å². The molecule has 0 radical (unpaired) electrons. The van der Waals surface area contributed by atoms with Gasteiger partial charge in [0, 0.05) is 6.54 Å². The van der Waals surface area contributed by atoms with E-state index in [2.05, 4.69) is 20.7 Å². The molecule has 0 spiro atoms. The maximum Gasteiger partial charge on any atom is 0.182 e. The third kappa shape index (κ3) is 2.26. The smallest absolute Gasteiger partial charge is 0.182 e. The van der Waals surface area contributed by atoms with E-state index in [-0.39, 0.29) is 12.2 Å². The van der Waals surface area contributed by atoms with E-state index in [9.17, 15) is 4.79 Å². The van der Waals surface area contributed by atoms with Crippen LogP contribution in [-0.4, -0.2) is 39.1 Å². The van der Waals surface area contributed by atoms with Crippen LogP contribution in [0.5, 0.6) is 5.75 Å². The van der Waals surface area contributed by atoms with Crippen molar-refractivity contribution in [2.24, 2.45) is 7.05 Å². The van der Waals surface area contributed by atoms with Crippen LogP contribution in [0.2, 0.25) is 0 Å². The minimum atomic E-state index is -0.0754. The topological polar surface area (TPSA) is 81.9 Å². The molecule has 0 atom stereocenters. The molecule has 0 saturated heterocycles. The van der Waals surface area contributed by atoms with Crippen molar-refractivity contribution in [3.05, 3.63) is 29.6 Å². The highest BCUT2D eigenvalue weighted by molar-refractivity contribution is 6.01. The largest absolute Gasteiger partial charge is 0.489 e. The molecule has 0 unspecified atom stereocenters. The number of ether oxygens (including phenoxy) is 1. The van der Waals surface area contributed by atoms with Gasteiger partial charge in [-0.1, -0.05) is 6.07 Å². The zero-order valence-corrected chi connectivity index (χ0v) is 10.5. The van der Waals surface area contributed by atoms with Gasteiger partial charge in [-0.05, 0) is 17.3 Å². The Hall–Kier alpha value is -2.44. The number of nitrogens with zero attached hydrogens (tertiary/aromatic N) is 4. The number of para-hydroxylation sites is 1. The SMILES string of the molecule is Cn1nnc(CC(=O)c2cccc3c2OCCN3)n1. The minimum absolute atomic E-state index is 0.0754. The van der Waals surface area contributed by atoms with Crippen LogP contribution < -0.4 is 10.1 Å². The lowest BCUT2D eigenvalue weighted by Crippen LogP contribution is -2.20. The highest BCUT2D eigenvalue weighted by Crippen LogP contribution is 2.31. The van der Waals surface area contributed by atoms with Crippen molar-refractivity contribution < 1.29 is 9.53 Å². The van der Waals surface area contributed by atoms with Gasteiger partial charge in [0.2, 0.25) is 0 Å². The fraction of sp³-hybridized carbons (Fsp3) is 0.333. The Morgan fingerprint density at radius 3 is 3.21 bits per heavy atom. The van der Waals surface area contributed by atoms with E-state index in [1.165, 1.54) is 4.80 Å². The molecule has 0 amide bonds.